The van der Waals surface area contributed by atoms with E-state index in [1.165, 1.54) is 16.8 Å². The zero-order chi connectivity index (χ0) is 19.6. The maximum Gasteiger partial charge on any atom is 0.160 e. The maximum absolute atomic E-state index is 4.45. The Morgan fingerprint density at radius 3 is 2.52 bits per heavy atom. The summed E-state index contributed by atoms with van der Waals surface area (Å²) >= 11 is 0. The summed E-state index contributed by atoms with van der Waals surface area (Å²) < 4.78 is 1.95. The van der Waals surface area contributed by atoms with Crippen LogP contribution in [0.3, 0.4) is 0 Å². The lowest BCUT2D eigenvalue weighted by atomic mass is 9.89. The summed E-state index contributed by atoms with van der Waals surface area (Å²) in [5, 5.41) is 16.4. The minimum atomic E-state index is 0.476. The first-order valence-corrected chi connectivity index (χ1v) is 9.94. The predicted molar refractivity (Wildman–Crippen MR) is 112 cm³/mol. The molecule has 1 aromatic carbocycles. The van der Waals surface area contributed by atoms with Crippen LogP contribution in [0.4, 0.5) is 5.82 Å². The monoisotopic (exact) mass is 385 g/mol. The summed E-state index contributed by atoms with van der Waals surface area (Å²) in [6.45, 7) is 1.91. The second kappa shape index (κ2) is 7.50. The molecule has 5 rings (SSSR count). The first kappa shape index (κ1) is 17.6. The molecule has 0 bridgehead atoms. The molecule has 1 aliphatic heterocycles. The van der Waals surface area contributed by atoms with Crippen molar-refractivity contribution in [2.75, 3.05) is 18.0 Å². The van der Waals surface area contributed by atoms with E-state index < -0.39 is 0 Å². The Kier molecular flexibility index (Phi) is 4.56. The van der Waals surface area contributed by atoms with E-state index in [9.17, 15) is 0 Å². The molecule has 1 fully saturated rings. The van der Waals surface area contributed by atoms with Gasteiger partial charge in [-0.25, -0.2) is 4.98 Å². The Labute approximate surface area is 169 Å². The van der Waals surface area contributed by atoms with Gasteiger partial charge in [0.2, 0.25) is 0 Å². The molecular weight excluding hydrogens is 362 g/mol. The number of aromatic nitrogens is 6. The molecule has 7 nitrogen and oxygen atoms in total. The molecule has 0 unspecified atom stereocenters. The van der Waals surface area contributed by atoms with E-state index in [4.69, 9.17) is 0 Å². The fraction of sp³-hybridized carbons (Fsp3) is 0.273. The van der Waals surface area contributed by atoms with Gasteiger partial charge in [0, 0.05) is 49.7 Å². The highest BCUT2D eigenvalue weighted by atomic mass is 15.3. The number of rotatable bonds is 4. The van der Waals surface area contributed by atoms with Gasteiger partial charge in [-0.2, -0.15) is 5.10 Å². The molecule has 7 heteroatoms. The van der Waals surface area contributed by atoms with Crippen molar-refractivity contribution in [3.8, 4) is 22.6 Å². The zero-order valence-electron chi connectivity index (χ0n) is 16.4. The molecule has 0 amide bonds. The van der Waals surface area contributed by atoms with E-state index in [2.05, 4.69) is 54.5 Å². The Morgan fingerprint density at radius 1 is 1.00 bits per heavy atom. The van der Waals surface area contributed by atoms with Gasteiger partial charge in [-0.15, -0.1) is 10.2 Å². The highest BCUT2D eigenvalue weighted by molar-refractivity contribution is 5.65. The van der Waals surface area contributed by atoms with E-state index in [-0.39, 0.29) is 0 Å². The van der Waals surface area contributed by atoms with Crippen LogP contribution >= 0.6 is 0 Å². The van der Waals surface area contributed by atoms with E-state index in [0.29, 0.717) is 5.92 Å². The van der Waals surface area contributed by atoms with Gasteiger partial charge in [0.25, 0.3) is 0 Å². The zero-order valence-corrected chi connectivity index (χ0v) is 16.4. The van der Waals surface area contributed by atoms with Crippen molar-refractivity contribution in [3.63, 3.8) is 0 Å². The fourth-order valence-corrected chi connectivity index (χ4v) is 4.08. The second-order valence-corrected chi connectivity index (χ2v) is 7.46. The topological polar surface area (TPSA) is 75.5 Å². The number of nitrogens with one attached hydrogen (secondary N) is 1. The van der Waals surface area contributed by atoms with Gasteiger partial charge in [-0.1, -0.05) is 30.3 Å². The van der Waals surface area contributed by atoms with Crippen LogP contribution in [0, 0.1) is 0 Å². The van der Waals surface area contributed by atoms with Crippen molar-refractivity contribution in [2.24, 2.45) is 7.05 Å². The third kappa shape index (κ3) is 3.40. The Balaban J connectivity index is 1.28. The predicted octanol–water partition coefficient (Wildman–Crippen LogP) is 3.65. The number of benzene rings is 1. The molecule has 0 radical (unpaired) electrons. The minimum Gasteiger partial charge on any atom is -0.355 e. The molecule has 4 heterocycles. The molecule has 29 heavy (non-hydrogen) atoms. The summed E-state index contributed by atoms with van der Waals surface area (Å²) in [6, 6.07) is 14.5. The van der Waals surface area contributed by atoms with Crippen molar-refractivity contribution >= 4 is 5.82 Å². The number of nitrogens with zero attached hydrogens (tertiary/aromatic N) is 6. The Hall–Kier alpha value is -3.48. The molecule has 4 aromatic rings. The van der Waals surface area contributed by atoms with Crippen molar-refractivity contribution < 1.29 is 0 Å². The Bertz CT molecular complexity index is 1070. The van der Waals surface area contributed by atoms with Crippen LogP contribution < -0.4 is 4.90 Å². The first-order chi connectivity index (χ1) is 14.3. The van der Waals surface area contributed by atoms with E-state index in [0.717, 1.165) is 43.3 Å². The highest BCUT2D eigenvalue weighted by Gasteiger charge is 2.25. The van der Waals surface area contributed by atoms with Gasteiger partial charge >= 0.3 is 0 Å². The van der Waals surface area contributed by atoms with Crippen LogP contribution in [-0.2, 0) is 7.05 Å². The molecule has 0 saturated carbocycles. The smallest absolute Gasteiger partial charge is 0.160 e. The summed E-state index contributed by atoms with van der Waals surface area (Å²) in [6.07, 6.45) is 7.75. The average Bonchev–Trinajstić information content (AvgIpc) is 3.44. The van der Waals surface area contributed by atoms with Crippen LogP contribution in [0.1, 0.15) is 24.5 Å². The van der Waals surface area contributed by atoms with Gasteiger partial charge in [0.05, 0.1) is 6.20 Å². The third-order valence-corrected chi connectivity index (χ3v) is 5.68. The molecule has 1 aliphatic rings. The lowest BCUT2D eigenvalue weighted by Crippen LogP contribution is -2.33. The molecule has 0 aliphatic carbocycles. The lowest BCUT2D eigenvalue weighted by molar-refractivity contribution is 0.493. The van der Waals surface area contributed by atoms with Crippen LogP contribution in [-0.4, -0.2) is 43.0 Å². The van der Waals surface area contributed by atoms with Gasteiger partial charge in [-0.05, 0) is 30.5 Å². The number of aromatic amines is 1. The second-order valence-electron chi connectivity index (χ2n) is 7.46. The molecular formula is C22H23N7. The van der Waals surface area contributed by atoms with Crippen molar-refractivity contribution in [1.29, 1.82) is 0 Å². The number of imidazole rings is 1. The third-order valence-electron chi connectivity index (χ3n) is 5.68. The van der Waals surface area contributed by atoms with Gasteiger partial charge in [-0.3, -0.25) is 5.10 Å². The van der Waals surface area contributed by atoms with Crippen molar-refractivity contribution in [3.05, 3.63) is 66.7 Å². The summed E-state index contributed by atoms with van der Waals surface area (Å²) in [5.41, 5.74) is 4.46. The summed E-state index contributed by atoms with van der Waals surface area (Å²) in [5.74, 6) is 2.23. The number of hydrogen-bond donors (Lipinski definition) is 1. The number of H-pyrrole nitrogens is 1. The quantitative estimate of drug-likeness (QED) is 0.580. The summed E-state index contributed by atoms with van der Waals surface area (Å²) in [4.78, 5) is 6.65. The molecule has 0 atom stereocenters. The van der Waals surface area contributed by atoms with Crippen molar-refractivity contribution in [2.45, 2.75) is 18.8 Å². The van der Waals surface area contributed by atoms with Crippen LogP contribution in [0.15, 0.2) is 61.1 Å². The van der Waals surface area contributed by atoms with Crippen LogP contribution in [0.2, 0.25) is 0 Å². The fourth-order valence-electron chi connectivity index (χ4n) is 4.08. The number of anilines is 1. The van der Waals surface area contributed by atoms with Crippen LogP contribution in [0.25, 0.3) is 22.6 Å². The first-order valence-electron chi connectivity index (χ1n) is 9.94. The van der Waals surface area contributed by atoms with E-state index in [1.807, 2.05) is 42.2 Å². The lowest BCUT2D eigenvalue weighted by Gasteiger charge is -2.32. The standard InChI is InChI=1S/C22H23N7/c1-28-14-11-23-22(28)19-7-8-20(26-25-19)29-12-9-17(10-13-29)21-18(15-24-27-21)16-5-3-2-4-6-16/h2-8,11,14-15,17H,9-10,12-13H2,1H3,(H,24,27). The molecule has 3 aromatic heterocycles. The molecule has 1 saturated heterocycles. The van der Waals surface area contributed by atoms with Crippen molar-refractivity contribution in [1.82, 2.24) is 29.9 Å². The highest BCUT2D eigenvalue weighted by Crippen LogP contribution is 2.34. The molecule has 146 valence electrons. The van der Waals surface area contributed by atoms with Crippen LogP contribution in [0.5, 0.6) is 0 Å². The molecule has 0 spiro atoms. The average molecular weight is 385 g/mol. The number of hydrogen-bond acceptors (Lipinski definition) is 5. The summed E-state index contributed by atoms with van der Waals surface area (Å²) in [7, 11) is 1.96. The maximum atomic E-state index is 4.45. The number of aryl methyl sites for hydroxylation is 1. The minimum absolute atomic E-state index is 0.476. The normalized spacial score (nSPS) is 15.0. The SMILES string of the molecule is Cn1ccnc1-c1ccc(N2CCC(c3[nH]ncc3-c3ccccc3)CC2)nn1. The molecule has 1 N–H and O–H groups in total. The largest absolute Gasteiger partial charge is 0.355 e. The van der Waals surface area contributed by atoms with E-state index in [1.54, 1.807) is 6.20 Å². The van der Waals surface area contributed by atoms with Gasteiger partial charge in [0.1, 0.15) is 5.69 Å². The van der Waals surface area contributed by atoms with E-state index >= 15 is 0 Å². The van der Waals surface area contributed by atoms with Gasteiger partial charge in [0.15, 0.2) is 11.6 Å². The van der Waals surface area contributed by atoms with Gasteiger partial charge < -0.3 is 9.47 Å². The number of piperidine rings is 1. The Morgan fingerprint density at radius 2 is 1.83 bits per heavy atom.